The number of hydrogen-bond donors (Lipinski definition) is 0. The van der Waals surface area contributed by atoms with E-state index >= 15 is 0 Å². The van der Waals surface area contributed by atoms with Crippen molar-refractivity contribution in [3.8, 4) is 22.6 Å². The number of aldehydes is 1. The lowest BCUT2D eigenvalue weighted by molar-refractivity contribution is 0.112. The molecule has 2 aromatic carbocycles. The fourth-order valence-electron chi connectivity index (χ4n) is 2.98. The van der Waals surface area contributed by atoms with Gasteiger partial charge < -0.3 is 14.4 Å². The molecule has 0 N–H and O–H groups in total. The van der Waals surface area contributed by atoms with Crippen LogP contribution in [0.4, 0.5) is 5.69 Å². The van der Waals surface area contributed by atoms with Crippen LogP contribution in [0.5, 0.6) is 11.5 Å². The van der Waals surface area contributed by atoms with E-state index in [1.165, 1.54) is 12.5 Å². The minimum absolute atomic E-state index is 0.561. The highest BCUT2D eigenvalue weighted by atomic mass is 16.5. The largest absolute Gasteiger partial charge is 0.462 e. The molecule has 4 heteroatoms. The van der Waals surface area contributed by atoms with E-state index in [2.05, 4.69) is 18.1 Å². The zero-order chi connectivity index (χ0) is 16.4. The molecule has 0 unspecified atom stereocenters. The molecule has 0 saturated carbocycles. The predicted molar refractivity (Wildman–Crippen MR) is 91.0 cm³/mol. The Bertz CT molecular complexity index is 795. The number of carbonyl (C=O) groups is 1. The zero-order valence-electron chi connectivity index (χ0n) is 12.9. The van der Waals surface area contributed by atoms with Crippen LogP contribution in [0.3, 0.4) is 0 Å². The molecule has 3 rings (SSSR count). The van der Waals surface area contributed by atoms with E-state index < -0.39 is 0 Å². The molecule has 0 aliphatic carbocycles. The second-order valence-corrected chi connectivity index (χ2v) is 5.24. The minimum atomic E-state index is 0.561. The van der Waals surface area contributed by atoms with Crippen LogP contribution in [0, 0.1) is 0 Å². The summed E-state index contributed by atoms with van der Waals surface area (Å²) >= 11 is 0. The van der Waals surface area contributed by atoms with Gasteiger partial charge in [-0.25, -0.2) is 0 Å². The lowest BCUT2D eigenvalue weighted by atomic mass is 9.91. The van der Waals surface area contributed by atoms with Crippen LogP contribution in [0.15, 0.2) is 56.0 Å². The number of anilines is 1. The van der Waals surface area contributed by atoms with Gasteiger partial charge in [-0.1, -0.05) is 25.3 Å². The molecule has 1 aliphatic heterocycles. The van der Waals surface area contributed by atoms with Crippen molar-refractivity contribution in [2.24, 2.45) is 0 Å². The van der Waals surface area contributed by atoms with Crippen LogP contribution >= 0.6 is 0 Å². The maximum Gasteiger partial charge on any atom is 0.169 e. The Morgan fingerprint density at radius 2 is 1.78 bits per heavy atom. The van der Waals surface area contributed by atoms with Crippen molar-refractivity contribution in [2.45, 2.75) is 6.54 Å². The van der Waals surface area contributed by atoms with Crippen molar-refractivity contribution in [1.82, 2.24) is 0 Å². The van der Waals surface area contributed by atoms with Crippen molar-refractivity contribution < 1.29 is 14.3 Å². The van der Waals surface area contributed by atoms with Crippen LogP contribution in [0.25, 0.3) is 11.1 Å². The van der Waals surface area contributed by atoms with E-state index in [0.29, 0.717) is 23.6 Å². The number of benzene rings is 2. The van der Waals surface area contributed by atoms with Crippen molar-refractivity contribution >= 4 is 12.0 Å². The second-order valence-electron chi connectivity index (χ2n) is 5.24. The topological polar surface area (TPSA) is 38.8 Å². The average molecular weight is 307 g/mol. The minimum Gasteiger partial charge on any atom is -0.462 e. The quantitative estimate of drug-likeness (QED) is 0.614. The summed E-state index contributed by atoms with van der Waals surface area (Å²) in [6.07, 6.45) is 3.61. The van der Waals surface area contributed by atoms with Gasteiger partial charge in [-0.2, -0.15) is 0 Å². The highest BCUT2D eigenvalue weighted by molar-refractivity contribution is 5.95. The van der Waals surface area contributed by atoms with Gasteiger partial charge >= 0.3 is 0 Å². The Kier molecular flexibility index (Phi) is 3.89. The number of rotatable bonds is 5. The summed E-state index contributed by atoms with van der Waals surface area (Å²) in [4.78, 5) is 13.4. The molecule has 0 atom stereocenters. The van der Waals surface area contributed by atoms with Gasteiger partial charge in [0, 0.05) is 24.7 Å². The van der Waals surface area contributed by atoms with Crippen LogP contribution in [0.2, 0.25) is 0 Å². The van der Waals surface area contributed by atoms with E-state index in [4.69, 9.17) is 9.47 Å². The molecule has 0 amide bonds. The van der Waals surface area contributed by atoms with Crippen LogP contribution in [-0.2, 0) is 6.54 Å². The van der Waals surface area contributed by atoms with Crippen molar-refractivity contribution in [2.75, 3.05) is 11.9 Å². The molecular formula is C19H17NO3. The van der Waals surface area contributed by atoms with Crippen molar-refractivity contribution in [3.63, 3.8) is 0 Å². The molecule has 0 radical (unpaired) electrons. The van der Waals surface area contributed by atoms with Gasteiger partial charge in [0.05, 0.1) is 18.2 Å². The maximum atomic E-state index is 11.3. The summed E-state index contributed by atoms with van der Waals surface area (Å²) in [6.45, 7) is 7.86. The molecule has 1 aliphatic rings. The molecule has 0 spiro atoms. The standard InChI is InChI=1S/C19H17NO3/c1-4-22-17-9-14-11-20(3)19-13(12-21)7-6-8-15(19)16(14)10-18(17)23-5-2/h4-10,12H,1-2,11H2,3H3. The molecule has 4 nitrogen and oxygen atoms in total. The molecular weight excluding hydrogens is 290 g/mol. The molecule has 0 bridgehead atoms. The summed E-state index contributed by atoms with van der Waals surface area (Å²) in [5.41, 5.74) is 4.72. The lowest BCUT2D eigenvalue weighted by Crippen LogP contribution is -2.23. The molecule has 0 fully saturated rings. The monoisotopic (exact) mass is 307 g/mol. The molecule has 116 valence electrons. The third-order valence-corrected chi connectivity index (χ3v) is 3.86. The number of nitrogens with zero attached hydrogens (tertiary/aromatic N) is 1. The normalized spacial score (nSPS) is 12.0. The zero-order valence-corrected chi connectivity index (χ0v) is 12.9. The summed E-state index contributed by atoms with van der Waals surface area (Å²) in [5.74, 6) is 1.15. The van der Waals surface area contributed by atoms with Crippen molar-refractivity contribution in [3.05, 3.63) is 67.1 Å². The lowest BCUT2D eigenvalue weighted by Gasteiger charge is -2.31. The number of fused-ring (bicyclic) bond motifs is 3. The maximum absolute atomic E-state index is 11.3. The first-order valence-corrected chi connectivity index (χ1v) is 7.21. The highest BCUT2D eigenvalue weighted by Crippen LogP contribution is 2.44. The third kappa shape index (κ3) is 2.48. The smallest absolute Gasteiger partial charge is 0.169 e. The van der Waals surface area contributed by atoms with Gasteiger partial charge in [-0.05, 0) is 29.3 Å². The molecule has 2 aromatic rings. The van der Waals surface area contributed by atoms with Gasteiger partial charge in [0.1, 0.15) is 0 Å². The number of para-hydroxylation sites is 1. The van der Waals surface area contributed by atoms with Crippen molar-refractivity contribution in [1.29, 1.82) is 0 Å². The number of carbonyl (C=O) groups excluding carboxylic acids is 1. The van der Waals surface area contributed by atoms with Gasteiger partial charge in [-0.15, -0.1) is 0 Å². The van der Waals surface area contributed by atoms with Crippen LogP contribution in [-0.4, -0.2) is 13.3 Å². The average Bonchev–Trinajstić information content (AvgIpc) is 2.56. The Balaban J connectivity index is 2.24. The van der Waals surface area contributed by atoms with Crippen LogP contribution < -0.4 is 14.4 Å². The van der Waals surface area contributed by atoms with E-state index in [9.17, 15) is 4.79 Å². The van der Waals surface area contributed by atoms with Crippen LogP contribution in [0.1, 0.15) is 15.9 Å². The van der Waals surface area contributed by atoms with E-state index in [1.807, 2.05) is 37.4 Å². The SMILES string of the molecule is C=COc1cc2c(cc1OC=C)-c1cccc(C=O)c1N(C)C2. The summed E-state index contributed by atoms with van der Waals surface area (Å²) in [6, 6.07) is 9.55. The first kappa shape index (κ1) is 14.9. The van der Waals surface area contributed by atoms with Gasteiger partial charge in [0.2, 0.25) is 0 Å². The number of ether oxygens (including phenoxy) is 2. The van der Waals surface area contributed by atoms with E-state index in [0.717, 1.165) is 28.7 Å². The fourth-order valence-corrected chi connectivity index (χ4v) is 2.98. The molecule has 23 heavy (non-hydrogen) atoms. The Morgan fingerprint density at radius 3 is 2.43 bits per heavy atom. The third-order valence-electron chi connectivity index (χ3n) is 3.86. The molecule has 0 aromatic heterocycles. The predicted octanol–water partition coefficient (Wildman–Crippen LogP) is 4.16. The Labute approximate surface area is 135 Å². The first-order valence-electron chi connectivity index (χ1n) is 7.21. The van der Waals surface area contributed by atoms with Gasteiger partial charge in [0.15, 0.2) is 17.8 Å². The molecule has 1 heterocycles. The first-order chi connectivity index (χ1) is 11.2. The molecule has 0 saturated heterocycles. The highest BCUT2D eigenvalue weighted by Gasteiger charge is 2.24. The van der Waals surface area contributed by atoms with E-state index in [1.54, 1.807) is 0 Å². The fraction of sp³-hybridized carbons (Fsp3) is 0.105. The number of hydrogen-bond acceptors (Lipinski definition) is 4. The van der Waals surface area contributed by atoms with Gasteiger partial charge in [0.25, 0.3) is 0 Å². The summed E-state index contributed by atoms with van der Waals surface area (Å²) in [5, 5.41) is 0. The van der Waals surface area contributed by atoms with E-state index in [-0.39, 0.29) is 0 Å². The van der Waals surface area contributed by atoms with Gasteiger partial charge in [-0.3, -0.25) is 4.79 Å². The summed E-state index contributed by atoms with van der Waals surface area (Å²) < 4.78 is 10.9. The Hall–Kier alpha value is -3.01. The second kappa shape index (κ2) is 6.01. The Morgan fingerprint density at radius 1 is 1.09 bits per heavy atom. The summed E-state index contributed by atoms with van der Waals surface area (Å²) in [7, 11) is 1.97.